The summed E-state index contributed by atoms with van der Waals surface area (Å²) in [5.41, 5.74) is 2.85. The molecule has 0 aliphatic heterocycles. The van der Waals surface area contributed by atoms with Gasteiger partial charge in [-0.2, -0.15) is 0 Å². The summed E-state index contributed by atoms with van der Waals surface area (Å²) in [6, 6.07) is 8.48. The van der Waals surface area contributed by atoms with Gasteiger partial charge in [-0.1, -0.05) is 24.3 Å². The fraction of sp³-hybridized carbons (Fsp3) is 0.333. The molecule has 0 heterocycles. The fourth-order valence-electron chi connectivity index (χ4n) is 0.759. The normalized spacial score (nSPS) is 10.7. The van der Waals surface area contributed by atoms with Crippen molar-refractivity contribution in [1.29, 1.82) is 0 Å². The Morgan fingerprint density at radius 1 is 1.00 bits per heavy atom. The van der Waals surface area contributed by atoms with E-state index >= 15 is 0 Å². The summed E-state index contributed by atoms with van der Waals surface area (Å²) in [6.45, 7) is -1.06. The summed E-state index contributed by atoms with van der Waals surface area (Å²) in [5.74, 6) is 0. The zero-order valence-electron chi connectivity index (χ0n) is 7.15. The number of hydrogen-bond acceptors (Lipinski definition) is 3. The third-order valence-corrected chi connectivity index (χ3v) is 1.62. The van der Waals surface area contributed by atoms with Gasteiger partial charge in [-0.3, -0.25) is 0 Å². The van der Waals surface area contributed by atoms with Crippen molar-refractivity contribution in [2.75, 3.05) is 14.2 Å². The van der Waals surface area contributed by atoms with Crippen molar-refractivity contribution in [2.24, 2.45) is 0 Å². The van der Waals surface area contributed by atoms with Crippen LogP contribution >= 0.6 is 0 Å². The van der Waals surface area contributed by atoms with E-state index in [0.717, 1.165) is 0 Å². The van der Waals surface area contributed by atoms with Gasteiger partial charge in [0.1, 0.15) is 0 Å². The maximum atomic E-state index is 8.22. The van der Waals surface area contributed by atoms with Gasteiger partial charge in [0.05, 0.1) is 0 Å². The standard InChI is InChI=1S/C6H4.C3H8O3/c1-2-6-4-3-5(1)6;1-5-3(4)6-2/h1-4H;3-4H,1-2H3. The monoisotopic (exact) mass is 168 g/mol. The van der Waals surface area contributed by atoms with E-state index in [1.165, 1.54) is 25.3 Å². The van der Waals surface area contributed by atoms with Crippen LogP contribution in [0.3, 0.4) is 0 Å². The highest BCUT2D eigenvalue weighted by Gasteiger charge is 2.03. The number of aliphatic hydroxyl groups excluding tert-OH is 1. The topological polar surface area (TPSA) is 38.7 Å². The summed E-state index contributed by atoms with van der Waals surface area (Å²) in [6.07, 6.45) is 0. The molecule has 0 atom stereocenters. The summed E-state index contributed by atoms with van der Waals surface area (Å²) in [4.78, 5) is 0. The molecule has 0 spiro atoms. The molecule has 0 bridgehead atoms. The number of methoxy groups -OCH3 is 2. The zero-order chi connectivity index (χ0) is 8.97. The second kappa shape index (κ2) is 4.21. The smallest absolute Gasteiger partial charge is 0.268 e. The van der Waals surface area contributed by atoms with Crippen LogP contribution in [0.2, 0.25) is 0 Å². The zero-order valence-corrected chi connectivity index (χ0v) is 7.15. The average Bonchev–Trinajstić information content (AvgIpc) is 2.10. The fourth-order valence-corrected chi connectivity index (χ4v) is 0.759. The average molecular weight is 168 g/mol. The highest BCUT2D eigenvalue weighted by molar-refractivity contribution is 5.75. The van der Waals surface area contributed by atoms with Crippen molar-refractivity contribution in [1.82, 2.24) is 0 Å². The number of aliphatic hydroxyl groups is 1. The van der Waals surface area contributed by atoms with Crippen molar-refractivity contribution >= 4 is 0 Å². The maximum Gasteiger partial charge on any atom is 0.268 e. The van der Waals surface area contributed by atoms with Gasteiger partial charge in [-0.05, 0) is 11.1 Å². The lowest BCUT2D eigenvalue weighted by Gasteiger charge is -2.10. The summed E-state index contributed by atoms with van der Waals surface area (Å²) >= 11 is 0. The van der Waals surface area contributed by atoms with Gasteiger partial charge in [-0.25, -0.2) is 0 Å². The molecule has 0 unspecified atom stereocenters. The van der Waals surface area contributed by atoms with Gasteiger partial charge in [0.15, 0.2) is 0 Å². The number of fused-ring (bicyclic) bond motifs is 1. The SMILES string of the molecule is COC(O)OC.c1cc2ccc1-2. The molecule has 2 aliphatic carbocycles. The third kappa shape index (κ3) is 2.04. The Bertz CT molecular complexity index is 205. The molecule has 3 nitrogen and oxygen atoms in total. The van der Waals surface area contributed by atoms with Crippen molar-refractivity contribution in [3.05, 3.63) is 24.3 Å². The van der Waals surface area contributed by atoms with E-state index < -0.39 is 6.48 Å². The van der Waals surface area contributed by atoms with Crippen LogP contribution in [-0.2, 0) is 9.47 Å². The van der Waals surface area contributed by atoms with Gasteiger partial charge in [0.25, 0.3) is 6.48 Å². The molecule has 0 aromatic carbocycles. The molecule has 2 rings (SSSR count). The molecule has 66 valence electrons. The second-order valence-electron chi connectivity index (χ2n) is 2.36. The Morgan fingerprint density at radius 3 is 1.33 bits per heavy atom. The van der Waals surface area contributed by atoms with Crippen LogP contribution in [-0.4, -0.2) is 25.8 Å². The molecule has 12 heavy (non-hydrogen) atoms. The van der Waals surface area contributed by atoms with E-state index in [1.807, 2.05) is 0 Å². The van der Waals surface area contributed by atoms with Crippen molar-refractivity contribution in [3.8, 4) is 11.1 Å². The van der Waals surface area contributed by atoms with Gasteiger partial charge in [0.2, 0.25) is 0 Å². The molecule has 0 radical (unpaired) electrons. The Labute approximate surface area is 71.5 Å². The molecule has 1 N–H and O–H groups in total. The Morgan fingerprint density at radius 2 is 1.33 bits per heavy atom. The minimum absolute atomic E-state index is 1.06. The quantitative estimate of drug-likeness (QED) is 0.685. The molecule has 0 saturated heterocycles. The predicted molar refractivity (Wildman–Crippen MR) is 45.5 cm³/mol. The molecular weight excluding hydrogens is 156 g/mol. The molecule has 0 aromatic heterocycles. The molecule has 0 saturated carbocycles. The van der Waals surface area contributed by atoms with E-state index in [0.29, 0.717) is 0 Å². The lowest BCUT2D eigenvalue weighted by atomic mass is 9.95. The summed E-state index contributed by atoms with van der Waals surface area (Å²) in [5, 5.41) is 8.22. The Kier molecular flexibility index (Phi) is 3.22. The Balaban J connectivity index is 0.000000120. The van der Waals surface area contributed by atoms with Crippen LogP contribution in [0.4, 0.5) is 0 Å². The largest absolute Gasteiger partial charge is 0.346 e. The third-order valence-electron chi connectivity index (χ3n) is 1.62. The molecule has 0 amide bonds. The van der Waals surface area contributed by atoms with Crippen LogP contribution < -0.4 is 0 Å². The van der Waals surface area contributed by atoms with Crippen LogP contribution in [0.1, 0.15) is 0 Å². The highest BCUT2D eigenvalue weighted by atomic mass is 16.8. The lowest BCUT2D eigenvalue weighted by Crippen LogP contribution is -2.09. The first-order chi connectivity index (χ1) is 5.77. The highest BCUT2D eigenvalue weighted by Crippen LogP contribution is 2.29. The molecular formula is C9H12O3. The van der Waals surface area contributed by atoms with Crippen molar-refractivity contribution in [3.63, 3.8) is 0 Å². The summed E-state index contributed by atoms with van der Waals surface area (Å²) in [7, 11) is 2.71. The van der Waals surface area contributed by atoms with Crippen LogP contribution in [0, 0.1) is 0 Å². The van der Waals surface area contributed by atoms with E-state index in [4.69, 9.17) is 5.11 Å². The number of hydrogen-bond donors (Lipinski definition) is 1. The van der Waals surface area contributed by atoms with Crippen LogP contribution in [0.5, 0.6) is 0 Å². The first-order valence-electron chi connectivity index (χ1n) is 3.62. The minimum Gasteiger partial charge on any atom is -0.346 e. The second-order valence-corrected chi connectivity index (χ2v) is 2.36. The lowest BCUT2D eigenvalue weighted by molar-refractivity contribution is -0.236. The first kappa shape index (κ1) is 9.19. The number of ether oxygens (including phenoxy) is 2. The first-order valence-corrected chi connectivity index (χ1v) is 3.62. The maximum absolute atomic E-state index is 8.22. The van der Waals surface area contributed by atoms with Gasteiger partial charge < -0.3 is 14.6 Å². The van der Waals surface area contributed by atoms with Crippen molar-refractivity contribution in [2.45, 2.75) is 6.48 Å². The molecule has 3 heteroatoms. The Hall–Kier alpha value is -0.900. The number of benzene rings is 1. The van der Waals surface area contributed by atoms with E-state index in [1.54, 1.807) is 0 Å². The van der Waals surface area contributed by atoms with Gasteiger partial charge in [-0.15, -0.1) is 0 Å². The van der Waals surface area contributed by atoms with E-state index in [9.17, 15) is 0 Å². The summed E-state index contributed by atoms with van der Waals surface area (Å²) < 4.78 is 8.47. The molecule has 0 fully saturated rings. The van der Waals surface area contributed by atoms with Gasteiger partial charge >= 0.3 is 0 Å². The van der Waals surface area contributed by atoms with Crippen LogP contribution in [0.15, 0.2) is 24.3 Å². The van der Waals surface area contributed by atoms with Crippen LogP contribution in [0.25, 0.3) is 11.1 Å². The molecule has 0 aromatic rings. The minimum atomic E-state index is -1.06. The van der Waals surface area contributed by atoms with E-state index in [-0.39, 0.29) is 0 Å². The number of rotatable bonds is 2. The van der Waals surface area contributed by atoms with E-state index in [2.05, 4.69) is 33.7 Å². The molecule has 2 aliphatic rings. The predicted octanol–water partition coefficient (Wildman–Crippen LogP) is 1.22. The van der Waals surface area contributed by atoms with Crippen molar-refractivity contribution < 1.29 is 14.6 Å². The van der Waals surface area contributed by atoms with Gasteiger partial charge in [0, 0.05) is 14.2 Å².